The molecule has 1 fully saturated rings. The number of thiophene rings is 1. The van der Waals surface area contributed by atoms with Crippen LogP contribution < -0.4 is 0 Å². The molecule has 1 aromatic carbocycles. The Morgan fingerprint density at radius 2 is 1.91 bits per heavy atom. The summed E-state index contributed by atoms with van der Waals surface area (Å²) in [6, 6.07) is 11.1. The van der Waals surface area contributed by atoms with Gasteiger partial charge >= 0.3 is 0 Å². The van der Waals surface area contributed by atoms with Crippen LogP contribution in [0.25, 0.3) is 0 Å². The summed E-state index contributed by atoms with van der Waals surface area (Å²) >= 11 is 1.64. The highest BCUT2D eigenvalue weighted by Gasteiger charge is 2.49. The number of sulfonamides is 1. The molecule has 4 rings (SSSR count). The summed E-state index contributed by atoms with van der Waals surface area (Å²) in [6.45, 7) is 2.55. The largest absolute Gasteiger partial charge is 0.243 e. The zero-order chi connectivity index (χ0) is 15.3. The predicted octanol–water partition coefficient (Wildman–Crippen LogP) is 3.60. The molecular formula is C17H17NO2S2. The Bertz CT molecular complexity index is 807. The lowest BCUT2D eigenvalue weighted by Gasteiger charge is -2.28. The van der Waals surface area contributed by atoms with Crippen LogP contribution in [0, 0.1) is 18.8 Å². The highest BCUT2D eigenvalue weighted by molar-refractivity contribution is 7.89. The van der Waals surface area contributed by atoms with Gasteiger partial charge < -0.3 is 0 Å². The zero-order valence-corrected chi connectivity index (χ0v) is 13.8. The molecule has 0 unspecified atom stereocenters. The Balaban J connectivity index is 1.76. The number of rotatable bonds is 3. The minimum Gasteiger partial charge on any atom is -0.207 e. The van der Waals surface area contributed by atoms with Crippen molar-refractivity contribution in [1.29, 1.82) is 0 Å². The van der Waals surface area contributed by atoms with Gasteiger partial charge in [0.2, 0.25) is 10.0 Å². The van der Waals surface area contributed by atoms with Gasteiger partial charge in [0.25, 0.3) is 0 Å². The summed E-state index contributed by atoms with van der Waals surface area (Å²) in [7, 11) is -3.46. The molecule has 3 atom stereocenters. The van der Waals surface area contributed by atoms with Crippen molar-refractivity contribution < 1.29 is 8.42 Å². The van der Waals surface area contributed by atoms with Gasteiger partial charge in [-0.2, -0.15) is 4.31 Å². The fraction of sp³-hybridized carbons (Fsp3) is 0.294. The van der Waals surface area contributed by atoms with E-state index < -0.39 is 10.0 Å². The van der Waals surface area contributed by atoms with Crippen LogP contribution in [-0.4, -0.2) is 19.3 Å². The Labute approximate surface area is 135 Å². The molecule has 0 N–H and O–H groups in total. The monoisotopic (exact) mass is 331 g/mol. The van der Waals surface area contributed by atoms with Crippen LogP contribution in [0.3, 0.4) is 0 Å². The lowest BCUT2D eigenvalue weighted by molar-refractivity contribution is 0.371. The first-order valence-electron chi connectivity index (χ1n) is 7.37. The second kappa shape index (κ2) is 5.05. The number of fused-ring (bicyclic) bond motifs is 1. The van der Waals surface area contributed by atoms with Gasteiger partial charge in [0, 0.05) is 17.3 Å². The van der Waals surface area contributed by atoms with Crippen molar-refractivity contribution >= 4 is 21.4 Å². The maximum atomic E-state index is 13.1. The van der Waals surface area contributed by atoms with E-state index in [0.717, 1.165) is 10.4 Å². The standard InChI is InChI=1S/C17H17NO2S2/c1-12-4-7-14(8-5-12)22(19,20)18-11-13-6-9-15(13)17(18)16-3-2-10-21-16/h2-10,13,15,17H,11H2,1H3/t13-,15-,17-/m0/s1. The fourth-order valence-electron chi connectivity index (χ4n) is 3.32. The van der Waals surface area contributed by atoms with E-state index in [9.17, 15) is 8.42 Å². The van der Waals surface area contributed by atoms with E-state index in [4.69, 9.17) is 0 Å². The maximum Gasteiger partial charge on any atom is 0.243 e. The summed E-state index contributed by atoms with van der Waals surface area (Å²) < 4.78 is 27.8. The first-order chi connectivity index (χ1) is 10.6. The van der Waals surface area contributed by atoms with Gasteiger partial charge in [-0.1, -0.05) is 35.9 Å². The van der Waals surface area contributed by atoms with E-state index in [-0.39, 0.29) is 6.04 Å². The van der Waals surface area contributed by atoms with Gasteiger partial charge in [0.15, 0.2) is 0 Å². The fourth-order valence-corrected chi connectivity index (χ4v) is 5.95. The number of hydrogen-bond acceptors (Lipinski definition) is 3. The van der Waals surface area contributed by atoms with Crippen LogP contribution in [0.15, 0.2) is 58.8 Å². The lowest BCUT2D eigenvalue weighted by Crippen LogP contribution is -2.31. The topological polar surface area (TPSA) is 37.4 Å². The van der Waals surface area contributed by atoms with Crippen LogP contribution >= 0.6 is 11.3 Å². The molecule has 0 amide bonds. The van der Waals surface area contributed by atoms with Gasteiger partial charge in [-0.25, -0.2) is 8.42 Å². The summed E-state index contributed by atoms with van der Waals surface area (Å²) in [6.07, 6.45) is 4.29. The van der Waals surface area contributed by atoms with E-state index in [1.54, 1.807) is 27.8 Å². The third-order valence-corrected chi connectivity index (χ3v) is 7.41. The van der Waals surface area contributed by atoms with Gasteiger partial charge in [-0.05, 0) is 36.4 Å². The lowest BCUT2D eigenvalue weighted by atomic mass is 9.81. The first-order valence-corrected chi connectivity index (χ1v) is 9.69. The van der Waals surface area contributed by atoms with E-state index in [0.29, 0.717) is 23.3 Å². The second-order valence-corrected chi connectivity index (χ2v) is 8.84. The number of aryl methyl sites for hydroxylation is 1. The second-order valence-electron chi connectivity index (χ2n) is 5.97. The van der Waals surface area contributed by atoms with E-state index in [2.05, 4.69) is 12.2 Å². The zero-order valence-electron chi connectivity index (χ0n) is 12.2. The van der Waals surface area contributed by atoms with E-state index in [1.165, 1.54) is 0 Å². The molecule has 2 heterocycles. The van der Waals surface area contributed by atoms with Crippen molar-refractivity contribution in [1.82, 2.24) is 4.31 Å². The average molecular weight is 331 g/mol. The third-order valence-electron chi connectivity index (χ3n) is 4.60. The maximum absolute atomic E-state index is 13.1. The molecule has 1 aromatic heterocycles. The van der Waals surface area contributed by atoms with Crippen molar-refractivity contribution in [3.05, 3.63) is 64.4 Å². The SMILES string of the molecule is Cc1ccc(S(=O)(=O)N2C[C@@H]3C=C[C@@H]3[C@H]2c2cccs2)cc1. The van der Waals surface area contributed by atoms with Crippen LogP contribution in [0.1, 0.15) is 16.5 Å². The molecule has 114 valence electrons. The molecule has 0 bridgehead atoms. The van der Waals surface area contributed by atoms with Crippen molar-refractivity contribution in [3.8, 4) is 0 Å². The summed E-state index contributed by atoms with van der Waals surface area (Å²) in [5.41, 5.74) is 1.07. The highest BCUT2D eigenvalue weighted by atomic mass is 32.2. The molecule has 2 aromatic rings. The quantitative estimate of drug-likeness (QED) is 0.806. The van der Waals surface area contributed by atoms with E-state index >= 15 is 0 Å². The smallest absolute Gasteiger partial charge is 0.207 e. The van der Waals surface area contributed by atoms with Crippen molar-refractivity contribution in [2.45, 2.75) is 17.9 Å². The molecule has 0 saturated carbocycles. The van der Waals surface area contributed by atoms with Gasteiger partial charge in [-0.3, -0.25) is 0 Å². The molecular weight excluding hydrogens is 314 g/mol. The van der Waals surface area contributed by atoms with Gasteiger partial charge in [0.05, 0.1) is 10.9 Å². The average Bonchev–Trinajstić information content (AvgIpc) is 3.06. The predicted molar refractivity (Wildman–Crippen MR) is 88.3 cm³/mol. The van der Waals surface area contributed by atoms with Crippen molar-refractivity contribution in [3.63, 3.8) is 0 Å². The van der Waals surface area contributed by atoms with Gasteiger partial charge in [0.1, 0.15) is 0 Å². The Morgan fingerprint density at radius 1 is 1.14 bits per heavy atom. The van der Waals surface area contributed by atoms with Crippen LogP contribution in [-0.2, 0) is 10.0 Å². The molecule has 1 aliphatic heterocycles. The molecule has 0 spiro atoms. The number of nitrogens with zero attached hydrogens (tertiary/aromatic N) is 1. The van der Waals surface area contributed by atoms with Crippen molar-refractivity contribution in [2.24, 2.45) is 11.8 Å². The highest BCUT2D eigenvalue weighted by Crippen LogP contribution is 2.50. The summed E-state index contributed by atoms with van der Waals surface area (Å²) in [5, 5.41) is 2.02. The first kappa shape index (κ1) is 14.2. The molecule has 0 radical (unpaired) electrons. The molecule has 2 aliphatic rings. The Kier molecular flexibility index (Phi) is 3.25. The summed E-state index contributed by atoms with van der Waals surface area (Å²) in [5.74, 6) is 0.672. The minimum atomic E-state index is -3.46. The Morgan fingerprint density at radius 3 is 2.50 bits per heavy atom. The number of benzene rings is 1. The van der Waals surface area contributed by atoms with Crippen LogP contribution in [0.5, 0.6) is 0 Å². The van der Waals surface area contributed by atoms with Crippen LogP contribution in [0.4, 0.5) is 0 Å². The molecule has 3 nitrogen and oxygen atoms in total. The number of hydrogen-bond donors (Lipinski definition) is 0. The van der Waals surface area contributed by atoms with Crippen LogP contribution in [0.2, 0.25) is 0 Å². The third kappa shape index (κ3) is 2.07. The normalized spacial score (nSPS) is 27.6. The van der Waals surface area contributed by atoms with E-state index in [1.807, 2.05) is 36.6 Å². The van der Waals surface area contributed by atoms with Gasteiger partial charge in [-0.15, -0.1) is 11.3 Å². The summed E-state index contributed by atoms with van der Waals surface area (Å²) in [4.78, 5) is 1.52. The van der Waals surface area contributed by atoms with Crippen molar-refractivity contribution in [2.75, 3.05) is 6.54 Å². The molecule has 22 heavy (non-hydrogen) atoms. The molecule has 1 aliphatic carbocycles. The molecule has 5 heteroatoms. The minimum absolute atomic E-state index is 0.0543. The Hall–Kier alpha value is -1.43. The molecule has 1 saturated heterocycles.